The molecule has 0 aliphatic carbocycles. The van der Waals surface area contributed by atoms with E-state index >= 15 is 0 Å². The molecule has 5 nitrogen and oxygen atoms in total. The number of pyridine rings is 1. The topological polar surface area (TPSA) is 52.2 Å². The van der Waals surface area contributed by atoms with E-state index in [4.69, 9.17) is 4.98 Å². The van der Waals surface area contributed by atoms with Crippen LogP contribution >= 0.6 is 11.8 Å². The fourth-order valence-corrected chi connectivity index (χ4v) is 4.11. The van der Waals surface area contributed by atoms with Crippen molar-refractivity contribution >= 4 is 28.3 Å². The van der Waals surface area contributed by atoms with Crippen molar-refractivity contribution in [3.63, 3.8) is 0 Å². The summed E-state index contributed by atoms with van der Waals surface area (Å²) in [5.74, 6) is 0.624. The zero-order valence-electron chi connectivity index (χ0n) is 14.9. The molecule has 0 saturated heterocycles. The molecule has 0 atom stereocenters. The molecule has 28 heavy (non-hydrogen) atoms. The number of benzene rings is 2. The standard InChI is InChI=1S/C22H16N4OS/c27-21-18-10-4-5-11-19(18)24-22(26(21)17-8-2-1-3-9-17)28-15-16-14-25-13-7-6-12-20(25)23-16/h1-14H,15H2. The molecule has 3 aromatic heterocycles. The van der Waals surface area contributed by atoms with Gasteiger partial charge in [-0.1, -0.05) is 48.2 Å². The summed E-state index contributed by atoms with van der Waals surface area (Å²) in [7, 11) is 0. The molecule has 0 radical (unpaired) electrons. The van der Waals surface area contributed by atoms with Gasteiger partial charge in [0, 0.05) is 18.1 Å². The number of nitrogens with zero attached hydrogens (tertiary/aromatic N) is 4. The van der Waals surface area contributed by atoms with Crippen LogP contribution in [0, 0.1) is 0 Å². The van der Waals surface area contributed by atoms with E-state index in [1.165, 1.54) is 11.8 Å². The minimum absolute atomic E-state index is 0.0608. The quantitative estimate of drug-likeness (QED) is 0.342. The molecule has 0 saturated carbocycles. The molecule has 0 aliphatic heterocycles. The number of hydrogen-bond donors (Lipinski definition) is 0. The Labute approximate surface area is 165 Å². The van der Waals surface area contributed by atoms with E-state index in [9.17, 15) is 4.79 Å². The van der Waals surface area contributed by atoms with Crippen molar-refractivity contribution in [2.75, 3.05) is 0 Å². The maximum Gasteiger partial charge on any atom is 0.266 e. The molecule has 3 heterocycles. The molecule has 0 amide bonds. The number of imidazole rings is 1. The van der Waals surface area contributed by atoms with Crippen molar-refractivity contribution in [2.45, 2.75) is 10.9 Å². The highest BCUT2D eigenvalue weighted by molar-refractivity contribution is 7.98. The van der Waals surface area contributed by atoms with E-state index in [0.29, 0.717) is 21.8 Å². The normalized spacial score (nSPS) is 11.3. The van der Waals surface area contributed by atoms with E-state index in [1.807, 2.05) is 89.6 Å². The van der Waals surface area contributed by atoms with E-state index in [0.717, 1.165) is 17.0 Å². The Kier molecular flexibility index (Phi) is 4.18. The highest BCUT2D eigenvalue weighted by atomic mass is 32.2. The molecule has 5 rings (SSSR count). The third-order valence-corrected chi connectivity index (χ3v) is 5.49. The molecular formula is C22H16N4OS. The SMILES string of the molecule is O=c1c2ccccc2nc(SCc2cn3ccccc3n2)n1-c1ccccc1. The second-order valence-corrected chi connectivity index (χ2v) is 7.32. The van der Waals surface area contributed by atoms with Crippen molar-refractivity contribution in [1.82, 2.24) is 18.9 Å². The summed E-state index contributed by atoms with van der Waals surface area (Å²) < 4.78 is 3.68. The smallest absolute Gasteiger partial charge is 0.266 e. The van der Waals surface area contributed by atoms with Gasteiger partial charge in [-0.3, -0.25) is 9.36 Å². The number of fused-ring (bicyclic) bond motifs is 2. The minimum Gasteiger partial charge on any atom is -0.307 e. The van der Waals surface area contributed by atoms with Crippen molar-refractivity contribution in [3.05, 3.63) is 101 Å². The number of hydrogen-bond acceptors (Lipinski definition) is 4. The molecule has 0 aliphatic rings. The summed E-state index contributed by atoms with van der Waals surface area (Å²) in [5.41, 5.74) is 3.30. The van der Waals surface area contributed by atoms with Crippen LogP contribution in [0.5, 0.6) is 0 Å². The molecule has 2 aromatic carbocycles. The van der Waals surface area contributed by atoms with Gasteiger partial charge >= 0.3 is 0 Å². The number of rotatable bonds is 4. The van der Waals surface area contributed by atoms with Crippen molar-refractivity contribution < 1.29 is 0 Å². The Morgan fingerprint density at radius 3 is 2.50 bits per heavy atom. The Bertz CT molecular complexity index is 1310. The zero-order chi connectivity index (χ0) is 18.9. The van der Waals surface area contributed by atoms with Crippen LogP contribution in [0.15, 0.2) is 95.1 Å². The first-order chi connectivity index (χ1) is 13.8. The molecule has 6 heteroatoms. The van der Waals surface area contributed by atoms with Gasteiger partial charge in [0.2, 0.25) is 0 Å². The summed E-state index contributed by atoms with van der Waals surface area (Å²) in [6.45, 7) is 0. The van der Waals surface area contributed by atoms with Crippen LogP contribution < -0.4 is 5.56 Å². The summed E-state index contributed by atoms with van der Waals surface area (Å²) in [5, 5.41) is 1.27. The van der Waals surface area contributed by atoms with Crippen molar-refractivity contribution in [2.24, 2.45) is 0 Å². The molecule has 0 bridgehead atoms. The van der Waals surface area contributed by atoms with Gasteiger partial charge in [0.15, 0.2) is 5.16 Å². The van der Waals surface area contributed by atoms with Crippen LogP contribution in [0.4, 0.5) is 0 Å². The van der Waals surface area contributed by atoms with Crippen LogP contribution in [0.1, 0.15) is 5.69 Å². The number of thioether (sulfide) groups is 1. The Balaban J connectivity index is 1.60. The Morgan fingerprint density at radius 2 is 1.64 bits per heavy atom. The van der Waals surface area contributed by atoms with Gasteiger partial charge in [-0.25, -0.2) is 9.97 Å². The largest absolute Gasteiger partial charge is 0.307 e. The summed E-state index contributed by atoms with van der Waals surface area (Å²) in [4.78, 5) is 22.6. The molecule has 0 N–H and O–H groups in total. The van der Waals surface area contributed by atoms with Gasteiger partial charge in [-0.05, 0) is 36.4 Å². The van der Waals surface area contributed by atoms with E-state index in [1.54, 1.807) is 4.57 Å². The third kappa shape index (κ3) is 2.97. The van der Waals surface area contributed by atoms with E-state index in [2.05, 4.69) is 4.98 Å². The average molecular weight is 384 g/mol. The molecule has 5 aromatic rings. The number of aromatic nitrogens is 4. The second-order valence-electron chi connectivity index (χ2n) is 6.37. The fraction of sp³-hybridized carbons (Fsp3) is 0.0455. The number of para-hydroxylation sites is 2. The lowest BCUT2D eigenvalue weighted by atomic mass is 10.2. The predicted octanol–water partition coefficient (Wildman–Crippen LogP) is 4.33. The van der Waals surface area contributed by atoms with Crippen LogP contribution in [0.2, 0.25) is 0 Å². The van der Waals surface area contributed by atoms with Crippen LogP contribution in [-0.4, -0.2) is 18.9 Å². The lowest BCUT2D eigenvalue weighted by Gasteiger charge is -2.12. The molecule has 136 valence electrons. The maximum absolute atomic E-state index is 13.2. The van der Waals surface area contributed by atoms with E-state index in [-0.39, 0.29) is 5.56 Å². The molecule has 0 fully saturated rings. The minimum atomic E-state index is -0.0608. The van der Waals surface area contributed by atoms with Gasteiger partial charge in [0.1, 0.15) is 5.65 Å². The molecular weight excluding hydrogens is 368 g/mol. The lowest BCUT2D eigenvalue weighted by molar-refractivity contribution is 0.819. The summed E-state index contributed by atoms with van der Waals surface area (Å²) in [6, 6.07) is 23.0. The highest BCUT2D eigenvalue weighted by Crippen LogP contribution is 2.24. The zero-order valence-corrected chi connectivity index (χ0v) is 15.7. The average Bonchev–Trinajstić information content (AvgIpc) is 3.16. The fourth-order valence-electron chi connectivity index (χ4n) is 3.21. The van der Waals surface area contributed by atoms with Gasteiger partial charge in [-0.2, -0.15) is 0 Å². The molecule has 0 spiro atoms. The maximum atomic E-state index is 13.2. The van der Waals surface area contributed by atoms with Gasteiger partial charge in [0.05, 0.1) is 22.3 Å². The first-order valence-corrected chi connectivity index (χ1v) is 9.91. The Hall–Kier alpha value is -3.38. The third-order valence-electron chi connectivity index (χ3n) is 4.52. The van der Waals surface area contributed by atoms with Gasteiger partial charge in [0.25, 0.3) is 5.56 Å². The van der Waals surface area contributed by atoms with Gasteiger partial charge < -0.3 is 4.40 Å². The van der Waals surface area contributed by atoms with E-state index < -0.39 is 0 Å². The summed E-state index contributed by atoms with van der Waals surface area (Å²) in [6.07, 6.45) is 3.99. The van der Waals surface area contributed by atoms with Crippen LogP contribution in [0.25, 0.3) is 22.2 Å². The highest BCUT2D eigenvalue weighted by Gasteiger charge is 2.14. The first kappa shape index (κ1) is 16.8. The van der Waals surface area contributed by atoms with Crippen LogP contribution in [-0.2, 0) is 5.75 Å². The lowest BCUT2D eigenvalue weighted by Crippen LogP contribution is -2.21. The van der Waals surface area contributed by atoms with Crippen LogP contribution in [0.3, 0.4) is 0 Å². The first-order valence-electron chi connectivity index (χ1n) is 8.92. The Morgan fingerprint density at radius 1 is 0.857 bits per heavy atom. The molecule has 0 unspecified atom stereocenters. The monoisotopic (exact) mass is 384 g/mol. The predicted molar refractivity (Wildman–Crippen MR) is 112 cm³/mol. The second kappa shape index (κ2) is 6.98. The summed E-state index contributed by atoms with van der Waals surface area (Å²) >= 11 is 1.52. The van der Waals surface area contributed by atoms with Crippen molar-refractivity contribution in [1.29, 1.82) is 0 Å². The van der Waals surface area contributed by atoms with Crippen molar-refractivity contribution in [3.8, 4) is 5.69 Å². The van der Waals surface area contributed by atoms with Gasteiger partial charge in [-0.15, -0.1) is 0 Å².